The van der Waals surface area contributed by atoms with Crippen molar-refractivity contribution in [3.63, 3.8) is 0 Å². The quantitative estimate of drug-likeness (QED) is 0.0282. The third-order valence-electron chi connectivity index (χ3n) is 7.50. The average Bonchev–Trinajstić information content (AvgIpc) is 3.03. The maximum Gasteiger partial charge on any atom is 0.475 e. The Bertz CT molecular complexity index is 845. The van der Waals surface area contributed by atoms with Crippen molar-refractivity contribution >= 4 is 25.6 Å². The number of carbonyl (C=O) groups excluding carboxylic acids is 3. The predicted molar refractivity (Wildman–Crippen MR) is 184 cm³/mol. The van der Waals surface area contributed by atoms with Gasteiger partial charge in [0.2, 0.25) is 11.8 Å². The van der Waals surface area contributed by atoms with E-state index < -0.39 is 26.4 Å². The molecule has 2 amide bonds. The van der Waals surface area contributed by atoms with Crippen LogP contribution >= 0.6 is 7.82 Å². The number of rotatable bonds is 33. The molecule has 0 aliphatic carbocycles. The van der Waals surface area contributed by atoms with Crippen LogP contribution in [0.3, 0.4) is 0 Å². The predicted octanol–water partition coefficient (Wildman–Crippen LogP) is 7.27. The standard InChI is InChI=1S/C34H66N3O8P/c1-5-8-10-12-13-14-15-16-17-19-21-23-33(39)37-32(29-44-46(41,42-27-7-3)43-28-25-35)34(40)36-26-24-31(45-30(4)38)22-20-18-11-9-6-2/h7,31-32H,3,5-6,8-29,35H2,1-2,4H3,(H,36,40)(H,37,39)/t31-,32+,46?/m1/s1. The molecule has 0 radical (unpaired) electrons. The molecule has 4 N–H and O–H groups in total. The van der Waals surface area contributed by atoms with Crippen LogP contribution in [0.25, 0.3) is 0 Å². The van der Waals surface area contributed by atoms with Gasteiger partial charge in [0.25, 0.3) is 0 Å². The van der Waals surface area contributed by atoms with Gasteiger partial charge in [0.15, 0.2) is 0 Å². The lowest BCUT2D eigenvalue weighted by atomic mass is 10.1. The van der Waals surface area contributed by atoms with Gasteiger partial charge in [-0.15, -0.1) is 6.58 Å². The molecular formula is C34H66N3O8P. The summed E-state index contributed by atoms with van der Waals surface area (Å²) in [7, 11) is -4.06. The number of carbonyl (C=O) groups is 3. The van der Waals surface area contributed by atoms with Gasteiger partial charge < -0.3 is 21.1 Å². The Morgan fingerprint density at radius 2 is 1.37 bits per heavy atom. The van der Waals surface area contributed by atoms with Crippen molar-refractivity contribution in [1.29, 1.82) is 0 Å². The Kier molecular flexibility index (Phi) is 29.4. The minimum absolute atomic E-state index is 0.0769. The molecule has 0 bridgehead atoms. The summed E-state index contributed by atoms with van der Waals surface area (Å²) in [4.78, 5) is 37.6. The SMILES string of the molecule is C=CCOP(=O)(OCCN)OC[C@H](NC(=O)CCCCCCCCCCCCC)C(=O)NCC[C@@H](CCCCCCC)OC(C)=O. The second-order valence-corrected chi connectivity index (χ2v) is 13.5. The molecule has 0 fully saturated rings. The number of esters is 1. The van der Waals surface area contributed by atoms with Crippen LogP contribution in [0.5, 0.6) is 0 Å². The van der Waals surface area contributed by atoms with Crippen molar-refractivity contribution in [3.8, 4) is 0 Å². The summed E-state index contributed by atoms with van der Waals surface area (Å²) in [6.07, 6.45) is 20.8. The van der Waals surface area contributed by atoms with E-state index in [0.29, 0.717) is 19.3 Å². The summed E-state index contributed by atoms with van der Waals surface area (Å²) in [5.74, 6) is -1.17. The highest BCUT2D eigenvalue weighted by molar-refractivity contribution is 7.48. The third-order valence-corrected chi connectivity index (χ3v) is 8.93. The summed E-state index contributed by atoms with van der Waals surface area (Å²) < 4.78 is 34.4. The van der Waals surface area contributed by atoms with E-state index in [1.165, 1.54) is 64.4 Å². The van der Waals surface area contributed by atoms with Crippen molar-refractivity contribution in [2.75, 3.05) is 32.9 Å². The zero-order valence-electron chi connectivity index (χ0n) is 29.2. The van der Waals surface area contributed by atoms with Gasteiger partial charge in [0.05, 0.1) is 19.8 Å². The topological polar surface area (TPSA) is 155 Å². The fourth-order valence-electron chi connectivity index (χ4n) is 4.94. The van der Waals surface area contributed by atoms with E-state index in [9.17, 15) is 18.9 Å². The fourth-order valence-corrected chi connectivity index (χ4v) is 6.11. The van der Waals surface area contributed by atoms with Gasteiger partial charge in [0.1, 0.15) is 12.1 Å². The molecule has 46 heavy (non-hydrogen) atoms. The minimum atomic E-state index is -4.06. The number of nitrogens with one attached hydrogen (secondary N) is 2. The molecule has 0 rings (SSSR count). The van der Waals surface area contributed by atoms with E-state index in [0.717, 1.165) is 44.9 Å². The van der Waals surface area contributed by atoms with E-state index in [1.54, 1.807) is 0 Å². The molecule has 0 aromatic carbocycles. The van der Waals surface area contributed by atoms with Crippen molar-refractivity contribution in [2.24, 2.45) is 5.73 Å². The second kappa shape index (κ2) is 30.5. The first-order chi connectivity index (χ1) is 22.2. The van der Waals surface area contributed by atoms with Gasteiger partial charge >= 0.3 is 13.8 Å². The van der Waals surface area contributed by atoms with Gasteiger partial charge in [-0.25, -0.2) is 4.57 Å². The molecule has 1 unspecified atom stereocenters. The van der Waals surface area contributed by atoms with Gasteiger partial charge in [0, 0.05) is 32.9 Å². The maximum atomic E-state index is 13.2. The Labute approximate surface area is 279 Å². The van der Waals surface area contributed by atoms with Crippen LogP contribution in [0.15, 0.2) is 12.7 Å². The maximum absolute atomic E-state index is 13.2. The van der Waals surface area contributed by atoms with E-state index in [-0.39, 0.29) is 50.7 Å². The molecule has 0 aromatic rings. The number of hydrogen-bond donors (Lipinski definition) is 3. The van der Waals surface area contributed by atoms with Crippen LogP contribution in [-0.2, 0) is 37.3 Å². The molecule has 12 heteroatoms. The number of amides is 2. The monoisotopic (exact) mass is 675 g/mol. The Morgan fingerprint density at radius 3 is 1.91 bits per heavy atom. The summed E-state index contributed by atoms with van der Waals surface area (Å²) in [6.45, 7) is 9.01. The lowest BCUT2D eigenvalue weighted by Gasteiger charge is -2.23. The van der Waals surface area contributed by atoms with E-state index in [4.69, 9.17) is 24.0 Å². The van der Waals surface area contributed by atoms with Crippen LogP contribution in [-0.4, -0.2) is 62.8 Å². The van der Waals surface area contributed by atoms with Crippen LogP contribution < -0.4 is 16.4 Å². The highest BCUT2D eigenvalue weighted by Crippen LogP contribution is 2.49. The zero-order chi connectivity index (χ0) is 34.3. The normalized spacial score (nSPS) is 13.8. The van der Waals surface area contributed by atoms with Crippen molar-refractivity contribution < 1.29 is 37.3 Å². The number of hydrogen-bond acceptors (Lipinski definition) is 9. The summed E-state index contributed by atoms with van der Waals surface area (Å²) in [6, 6.07) is -1.14. The Hall–Kier alpha value is -1.78. The van der Waals surface area contributed by atoms with Crippen molar-refractivity contribution in [1.82, 2.24) is 10.6 Å². The molecule has 0 aliphatic rings. The summed E-state index contributed by atoms with van der Waals surface area (Å²) in [5.41, 5.74) is 5.48. The molecule has 0 heterocycles. The van der Waals surface area contributed by atoms with Gasteiger partial charge in [-0.2, -0.15) is 0 Å². The molecule has 270 valence electrons. The third kappa shape index (κ3) is 26.3. The van der Waals surface area contributed by atoms with Crippen LogP contribution in [0.2, 0.25) is 0 Å². The first-order valence-electron chi connectivity index (χ1n) is 17.8. The molecule has 3 atom stereocenters. The van der Waals surface area contributed by atoms with Gasteiger partial charge in [-0.05, 0) is 19.3 Å². The molecule has 0 saturated carbocycles. The number of nitrogens with two attached hydrogens (primary N) is 1. The molecule has 0 aliphatic heterocycles. The van der Waals surface area contributed by atoms with Gasteiger partial charge in [-0.1, -0.05) is 110 Å². The Balaban J connectivity index is 5.00. The van der Waals surface area contributed by atoms with Gasteiger partial charge in [-0.3, -0.25) is 28.0 Å². The van der Waals surface area contributed by atoms with Crippen LogP contribution in [0.1, 0.15) is 143 Å². The zero-order valence-corrected chi connectivity index (χ0v) is 30.1. The lowest BCUT2D eigenvalue weighted by molar-refractivity contribution is -0.147. The van der Waals surface area contributed by atoms with E-state index in [2.05, 4.69) is 31.1 Å². The molecule has 0 saturated heterocycles. The van der Waals surface area contributed by atoms with Crippen molar-refractivity contribution in [2.45, 2.75) is 155 Å². The minimum Gasteiger partial charge on any atom is -0.462 e. The second-order valence-electron chi connectivity index (χ2n) is 11.9. The highest BCUT2D eigenvalue weighted by atomic mass is 31.2. The van der Waals surface area contributed by atoms with E-state index >= 15 is 0 Å². The Morgan fingerprint density at radius 1 is 0.804 bits per heavy atom. The first-order valence-corrected chi connectivity index (χ1v) is 19.3. The lowest BCUT2D eigenvalue weighted by Crippen LogP contribution is -2.49. The highest BCUT2D eigenvalue weighted by Gasteiger charge is 2.30. The van der Waals surface area contributed by atoms with Crippen LogP contribution in [0, 0.1) is 0 Å². The number of phosphoric ester groups is 1. The number of ether oxygens (including phenoxy) is 1. The summed E-state index contributed by atoms with van der Waals surface area (Å²) in [5, 5.41) is 5.53. The molecule has 0 aromatic heterocycles. The first kappa shape index (κ1) is 44.2. The van der Waals surface area contributed by atoms with Crippen molar-refractivity contribution in [3.05, 3.63) is 12.7 Å². The largest absolute Gasteiger partial charge is 0.475 e. The molecule has 11 nitrogen and oxygen atoms in total. The number of phosphoric acid groups is 1. The fraction of sp³-hybridized carbons (Fsp3) is 0.853. The smallest absolute Gasteiger partial charge is 0.462 e. The molecular weight excluding hydrogens is 609 g/mol. The molecule has 0 spiro atoms. The van der Waals surface area contributed by atoms with Crippen LogP contribution in [0.4, 0.5) is 0 Å². The number of unbranched alkanes of at least 4 members (excludes halogenated alkanes) is 14. The summed E-state index contributed by atoms with van der Waals surface area (Å²) >= 11 is 0. The average molecular weight is 676 g/mol. The van der Waals surface area contributed by atoms with E-state index in [1.807, 2.05) is 0 Å².